The number of likely N-dealkylation sites (N-methyl/N-ethyl adjacent to an activating group) is 1. The summed E-state index contributed by atoms with van der Waals surface area (Å²) in [5.41, 5.74) is 0.000860. The Labute approximate surface area is 105 Å². The van der Waals surface area contributed by atoms with E-state index < -0.39 is 0 Å². The van der Waals surface area contributed by atoms with Gasteiger partial charge in [-0.3, -0.25) is 0 Å². The predicted molar refractivity (Wildman–Crippen MR) is 68.3 cm³/mol. The summed E-state index contributed by atoms with van der Waals surface area (Å²) >= 11 is 0. The normalized spacial score (nSPS) is 40.4. The second-order valence-electron chi connectivity index (χ2n) is 5.80. The monoisotopic (exact) mass is 242 g/mol. The van der Waals surface area contributed by atoms with Crippen molar-refractivity contribution in [1.29, 1.82) is 0 Å². The van der Waals surface area contributed by atoms with E-state index in [9.17, 15) is 0 Å². The van der Waals surface area contributed by atoms with E-state index in [1.54, 1.807) is 0 Å². The van der Waals surface area contributed by atoms with Crippen molar-refractivity contribution in [3.63, 3.8) is 0 Å². The first-order valence-corrected chi connectivity index (χ1v) is 6.76. The average Bonchev–Trinajstić information content (AvgIpc) is 2.26. The number of morpholine rings is 2. The van der Waals surface area contributed by atoms with Gasteiger partial charge in [-0.1, -0.05) is 0 Å². The number of hydrogen-bond donors (Lipinski definition) is 1. The van der Waals surface area contributed by atoms with E-state index in [2.05, 4.69) is 31.1 Å². The molecule has 0 aromatic carbocycles. The Hall–Kier alpha value is -0.160. The molecule has 2 aliphatic heterocycles. The largest absolute Gasteiger partial charge is 0.373 e. The lowest BCUT2D eigenvalue weighted by atomic mass is 9.96. The van der Waals surface area contributed by atoms with Gasteiger partial charge in [0.25, 0.3) is 0 Å². The van der Waals surface area contributed by atoms with Gasteiger partial charge in [-0.25, -0.2) is 0 Å². The van der Waals surface area contributed by atoms with Crippen LogP contribution < -0.4 is 5.32 Å². The predicted octanol–water partition coefficient (Wildman–Crippen LogP) is 0.864. The minimum absolute atomic E-state index is 0.000860. The quantitative estimate of drug-likeness (QED) is 0.796. The van der Waals surface area contributed by atoms with Crippen molar-refractivity contribution in [3.05, 3.63) is 0 Å². The Kier molecular flexibility index (Phi) is 4.42. The highest BCUT2D eigenvalue weighted by Crippen LogP contribution is 2.23. The molecule has 2 saturated heterocycles. The summed E-state index contributed by atoms with van der Waals surface area (Å²) in [7, 11) is 2.17. The summed E-state index contributed by atoms with van der Waals surface area (Å²) in [5, 5.41) is 3.40. The van der Waals surface area contributed by atoms with Gasteiger partial charge >= 0.3 is 0 Å². The van der Waals surface area contributed by atoms with Gasteiger partial charge in [0.1, 0.15) is 0 Å². The van der Waals surface area contributed by atoms with E-state index in [0.29, 0.717) is 12.2 Å². The van der Waals surface area contributed by atoms with Crippen molar-refractivity contribution in [2.24, 2.45) is 0 Å². The third-order valence-electron chi connectivity index (χ3n) is 3.73. The molecule has 3 atom stereocenters. The van der Waals surface area contributed by atoms with Crippen molar-refractivity contribution >= 4 is 0 Å². The zero-order chi connectivity index (χ0) is 12.3. The van der Waals surface area contributed by atoms with Crippen molar-refractivity contribution in [3.8, 4) is 0 Å². The molecule has 100 valence electrons. The van der Waals surface area contributed by atoms with Crippen molar-refractivity contribution in [2.45, 2.75) is 44.5 Å². The second kappa shape index (κ2) is 5.65. The standard InChI is InChI=1S/C13H26N2O2/c1-11-8-15(3)9-12(17-11)4-5-13(2)10-14-6-7-16-13/h11-12,14H,4-10H2,1-3H3. The van der Waals surface area contributed by atoms with Gasteiger partial charge in [-0.05, 0) is 33.7 Å². The minimum Gasteiger partial charge on any atom is -0.373 e. The molecule has 0 aromatic heterocycles. The lowest BCUT2D eigenvalue weighted by Gasteiger charge is -2.38. The van der Waals surface area contributed by atoms with Crippen LogP contribution in [0, 0.1) is 0 Å². The molecule has 4 heteroatoms. The molecule has 0 amide bonds. The summed E-state index contributed by atoms with van der Waals surface area (Å²) in [6.45, 7) is 9.23. The van der Waals surface area contributed by atoms with Gasteiger partial charge in [0.15, 0.2) is 0 Å². The number of hydrogen-bond acceptors (Lipinski definition) is 4. The van der Waals surface area contributed by atoms with Crippen LogP contribution in [0.5, 0.6) is 0 Å². The molecule has 0 spiro atoms. The fourth-order valence-corrected chi connectivity index (χ4v) is 2.84. The maximum atomic E-state index is 5.98. The first kappa shape index (κ1) is 13.3. The highest BCUT2D eigenvalue weighted by atomic mass is 16.5. The fraction of sp³-hybridized carbons (Fsp3) is 1.00. The molecule has 0 saturated carbocycles. The molecule has 1 N–H and O–H groups in total. The zero-order valence-electron chi connectivity index (χ0n) is 11.4. The molecular formula is C13H26N2O2. The molecule has 2 fully saturated rings. The smallest absolute Gasteiger partial charge is 0.0779 e. The minimum atomic E-state index is 0.000860. The third-order valence-corrected chi connectivity index (χ3v) is 3.73. The molecule has 2 aliphatic rings. The van der Waals surface area contributed by atoms with E-state index in [1.165, 1.54) is 0 Å². The van der Waals surface area contributed by atoms with Crippen LogP contribution in [0.2, 0.25) is 0 Å². The Morgan fingerprint density at radius 2 is 2.24 bits per heavy atom. The van der Waals surface area contributed by atoms with Gasteiger partial charge in [0, 0.05) is 26.2 Å². The van der Waals surface area contributed by atoms with Crippen LogP contribution >= 0.6 is 0 Å². The molecule has 2 heterocycles. The molecule has 3 unspecified atom stereocenters. The van der Waals surface area contributed by atoms with Gasteiger partial charge in [-0.2, -0.15) is 0 Å². The van der Waals surface area contributed by atoms with E-state index in [-0.39, 0.29) is 5.60 Å². The van der Waals surface area contributed by atoms with Gasteiger partial charge in [0.05, 0.1) is 24.4 Å². The number of ether oxygens (including phenoxy) is 2. The lowest BCUT2D eigenvalue weighted by molar-refractivity contribution is -0.0969. The van der Waals surface area contributed by atoms with Crippen LogP contribution in [0.3, 0.4) is 0 Å². The summed E-state index contributed by atoms with van der Waals surface area (Å²) in [6, 6.07) is 0. The molecule has 17 heavy (non-hydrogen) atoms. The molecule has 0 aromatic rings. The Morgan fingerprint density at radius 1 is 1.41 bits per heavy atom. The SMILES string of the molecule is CC1CN(C)CC(CCC2(C)CNCCO2)O1. The summed E-state index contributed by atoms with van der Waals surface area (Å²) in [6.07, 6.45) is 2.89. The van der Waals surface area contributed by atoms with Crippen LogP contribution in [0.15, 0.2) is 0 Å². The van der Waals surface area contributed by atoms with Crippen LogP contribution in [0.25, 0.3) is 0 Å². The summed E-state index contributed by atoms with van der Waals surface area (Å²) in [4.78, 5) is 2.36. The average molecular weight is 242 g/mol. The van der Waals surface area contributed by atoms with Crippen molar-refractivity contribution in [2.75, 3.05) is 39.8 Å². The topological polar surface area (TPSA) is 33.7 Å². The van der Waals surface area contributed by atoms with Crippen molar-refractivity contribution < 1.29 is 9.47 Å². The van der Waals surface area contributed by atoms with Gasteiger partial charge in [-0.15, -0.1) is 0 Å². The lowest BCUT2D eigenvalue weighted by Crippen LogP contribution is -2.49. The van der Waals surface area contributed by atoms with Crippen LogP contribution in [0.1, 0.15) is 26.7 Å². The van der Waals surface area contributed by atoms with E-state index >= 15 is 0 Å². The van der Waals surface area contributed by atoms with Crippen LogP contribution in [-0.2, 0) is 9.47 Å². The molecule has 0 bridgehead atoms. The Bertz CT molecular complexity index is 232. The van der Waals surface area contributed by atoms with Gasteiger partial charge < -0.3 is 19.7 Å². The van der Waals surface area contributed by atoms with E-state index in [1.807, 2.05) is 0 Å². The zero-order valence-corrected chi connectivity index (χ0v) is 11.4. The fourth-order valence-electron chi connectivity index (χ4n) is 2.84. The summed E-state index contributed by atoms with van der Waals surface area (Å²) < 4.78 is 11.9. The first-order chi connectivity index (χ1) is 8.07. The molecule has 0 aliphatic carbocycles. The number of nitrogens with one attached hydrogen (secondary N) is 1. The second-order valence-corrected chi connectivity index (χ2v) is 5.80. The number of nitrogens with zero attached hydrogens (tertiary/aromatic N) is 1. The van der Waals surface area contributed by atoms with Gasteiger partial charge in [0.2, 0.25) is 0 Å². The van der Waals surface area contributed by atoms with Crippen LogP contribution in [0.4, 0.5) is 0 Å². The molecule has 4 nitrogen and oxygen atoms in total. The Morgan fingerprint density at radius 3 is 2.88 bits per heavy atom. The molecule has 0 radical (unpaired) electrons. The van der Waals surface area contributed by atoms with E-state index in [0.717, 1.165) is 45.6 Å². The van der Waals surface area contributed by atoms with Crippen LogP contribution in [-0.4, -0.2) is 62.5 Å². The third kappa shape index (κ3) is 3.91. The van der Waals surface area contributed by atoms with Crippen molar-refractivity contribution in [1.82, 2.24) is 10.2 Å². The maximum Gasteiger partial charge on any atom is 0.0779 e. The first-order valence-electron chi connectivity index (χ1n) is 6.76. The Balaban J connectivity index is 1.76. The highest BCUT2D eigenvalue weighted by Gasteiger charge is 2.30. The highest BCUT2D eigenvalue weighted by molar-refractivity contribution is 4.84. The maximum absolute atomic E-state index is 5.98. The molecule has 2 rings (SSSR count). The summed E-state index contributed by atoms with van der Waals surface area (Å²) in [5.74, 6) is 0. The molecular weight excluding hydrogens is 216 g/mol. The number of rotatable bonds is 3. The van der Waals surface area contributed by atoms with E-state index in [4.69, 9.17) is 9.47 Å².